The minimum atomic E-state index is 0.602. The van der Waals surface area contributed by atoms with E-state index < -0.39 is 0 Å². The zero-order valence-electron chi connectivity index (χ0n) is 9.95. The summed E-state index contributed by atoms with van der Waals surface area (Å²) in [5.74, 6) is 0. The largest absolute Gasteiger partial charge is 0.317 e. The molecule has 3 nitrogen and oxygen atoms in total. The Bertz CT molecular complexity index is 330. The van der Waals surface area contributed by atoms with Crippen molar-refractivity contribution in [3.63, 3.8) is 0 Å². The Labute approximate surface area is 91.9 Å². The summed E-state index contributed by atoms with van der Waals surface area (Å²) in [6, 6.07) is 3.45. The molecule has 1 heterocycles. The second-order valence-corrected chi connectivity index (χ2v) is 4.68. The van der Waals surface area contributed by atoms with Crippen molar-refractivity contribution in [2.45, 2.75) is 51.6 Å². The van der Waals surface area contributed by atoms with Crippen LogP contribution in [0.3, 0.4) is 0 Å². The van der Waals surface area contributed by atoms with Crippen molar-refractivity contribution in [1.82, 2.24) is 15.1 Å². The van der Waals surface area contributed by atoms with Crippen LogP contribution in [0.5, 0.6) is 0 Å². The first-order valence-corrected chi connectivity index (χ1v) is 5.90. The number of aryl methyl sites for hydroxylation is 2. The molecular formula is C12H21N3. The van der Waals surface area contributed by atoms with E-state index in [0.29, 0.717) is 12.1 Å². The summed E-state index contributed by atoms with van der Waals surface area (Å²) in [7, 11) is 2.06. The summed E-state index contributed by atoms with van der Waals surface area (Å²) in [6.45, 7) is 4.23. The average Bonchev–Trinajstić information content (AvgIpc) is 2.58. The van der Waals surface area contributed by atoms with Crippen molar-refractivity contribution in [2.75, 3.05) is 7.05 Å². The molecule has 84 valence electrons. The summed E-state index contributed by atoms with van der Waals surface area (Å²) in [5.41, 5.74) is 2.44. The smallest absolute Gasteiger partial charge is 0.0596 e. The molecule has 0 aliphatic heterocycles. The fourth-order valence-corrected chi connectivity index (χ4v) is 2.66. The molecule has 2 atom stereocenters. The summed E-state index contributed by atoms with van der Waals surface area (Å²) in [5, 5.41) is 7.98. The van der Waals surface area contributed by atoms with Gasteiger partial charge in [-0.3, -0.25) is 4.68 Å². The Hall–Kier alpha value is -0.830. The summed E-state index contributed by atoms with van der Waals surface area (Å²) in [6.07, 6.45) is 5.12. The van der Waals surface area contributed by atoms with E-state index in [2.05, 4.69) is 42.1 Å². The van der Waals surface area contributed by atoms with E-state index in [0.717, 1.165) is 5.69 Å². The zero-order valence-corrected chi connectivity index (χ0v) is 9.95. The van der Waals surface area contributed by atoms with Gasteiger partial charge in [-0.25, -0.2) is 0 Å². The Balaban J connectivity index is 2.13. The van der Waals surface area contributed by atoms with E-state index >= 15 is 0 Å². The highest BCUT2D eigenvalue weighted by Gasteiger charge is 2.23. The van der Waals surface area contributed by atoms with E-state index in [4.69, 9.17) is 0 Å². The number of rotatable bonds is 2. The van der Waals surface area contributed by atoms with Crippen LogP contribution in [0.1, 0.15) is 43.1 Å². The lowest BCUT2D eigenvalue weighted by atomic mass is 9.91. The van der Waals surface area contributed by atoms with Crippen LogP contribution in [0.15, 0.2) is 6.07 Å². The molecule has 15 heavy (non-hydrogen) atoms. The first-order chi connectivity index (χ1) is 7.20. The van der Waals surface area contributed by atoms with Crippen molar-refractivity contribution in [3.05, 3.63) is 17.5 Å². The molecule has 2 rings (SSSR count). The van der Waals surface area contributed by atoms with Gasteiger partial charge >= 0.3 is 0 Å². The number of nitrogens with one attached hydrogen (secondary N) is 1. The minimum absolute atomic E-state index is 0.602. The van der Waals surface area contributed by atoms with Gasteiger partial charge in [-0.1, -0.05) is 0 Å². The monoisotopic (exact) mass is 207 g/mol. The molecule has 0 amide bonds. The molecule has 3 heteroatoms. The molecule has 1 fully saturated rings. The van der Waals surface area contributed by atoms with Crippen molar-refractivity contribution in [2.24, 2.45) is 0 Å². The van der Waals surface area contributed by atoms with Gasteiger partial charge in [0.15, 0.2) is 0 Å². The predicted octanol–water partition coefficient (Wildman–Crippen LogP) is 2.20. The molecule has 2 unspecified atom stereocenters. The molecular weight excluding hydrogens is 186 g/mol. The molecule has 1 aliphatic carbocycles. The van der Waals surface area contributed by atoms with Crippen LogP contribution in [-0.4, -0.2) is 22.9 Å². The maximum Gasteiger partial charge on any atom is 0.0596 e. The second kappa shape index (κ2) is 4.35. The van der Waals surface area contributed by atoms with Gasteiger partial charge in [0, 0.05) is 11.7 Å². The maximum absolute atomic E-state index is 4.59. The first kappa shape index (κ1) is 10.7. The predicted molar refractivity (Wildman–Crippen MR) is 62.1 cm³/mol. The van der Waals surface area contributed by atoms with Crippen LogP contribution in [0, 0.1) is 13.8 Å². The number of hydrogen-bond donors (Lipinski definition) is 1. The number of nitrogens with zero attached hydrogens (tertiary/aromatic N) is 2. The summed E-state index contributed by atoms with van der Waals surface area (Å²) in [4.78, 5) is 0. The van der Waals surface area contributed by atoms with Crippen molar-refractivity contribution in [1.29, 1.82) is 0 Å². The van der Waals surface area contributed by atoms with Crippen molar-refractivity contribution < 1.29 is 0 Å². The van der Waals surface area contributed by atoms with E-state index in [-0.39, 0.29) is 0 Å². The van der Waals surface area contributed by atoms with Gasteiger partial charge in [-0.2, -0.15) is 5.10 Å². The third-order valence-corrected chi connectivity index (χ3v) is 3.45. The molecule has 1 N–H and O–H groups in total. The van der Waals surface area contributed by atoms with Crippen LogP contribution in [-0.2, 0) is 0 Å². The van der Waals surface area contributed by atoms with E-state index in [1.807, 2.05) is 0 Å². The number of hydrogen-bond acceptors (Lipinski definition) is 2. The molecule has 1 aliphatic rings. The average molecular weight is 207 g/mol. The highest BCUT2D eigenvalue weighted by Crippen LogP contribution is 2.29. The fourth-order valence-electron chi connectivity index (χ4n) is 2.66. The van der Waals surface area contributed by atoms with Crippen LogP contribution in [0.4, 0.5) is 0 Å². The summed E-state index contributed by atoms with van der Waals surface area (Å²) < 4.78 is 2.22. The molecule has 0 aromatic carbocycles. The topological polar surface area (TPSA) is 29.9 Å². The van der Waals surface area contributed by atoms with E-state index in [9.17, 15) is 0 Å². The fraction of sp³-hybridized carbons (Fsp3) is 0.750. The lowest BCUT2D eigenvalue weighted by molar-refractivity contribution is 0.275. The minimum Gasteiger partial charge on any atom is -0.317 e. The molecule has 1 aromatic heterocycles. The molecule has 0 saturated heterocycles. The molecule has 0 radical (unpaired) electrons. The maximum atomic E-state index is 4.59. The first-order valence-electron chi connectivity index (χ1n) is 5.90. The third kappa shape index (κ3) is 2.23. The lowest BCUT2D eigenvalue weighted by Crippen LogP contribution is -2.33. The van der Waals surface area contributed by atoms with E-state index in [1.165, 1.54) is 31.4 Å². The Morgan fingerprint density at radius 3 is 2.80 bits per heavy atom. The van der Waals surface area contributed by atoms with Gasteiger partial charge in [-0.15, -0.1) is 0 Å². The molecule has 0 bridgehead atoms. The Morgan fingerprint density at radius 2 is 2.20 bits per heavy atom. The SMILES string of the molecule is CNC1CCCC(n2nc(C)cc2C)C1. The van der Waals surface area contributed by atoms with Crippen LogP contribution in [0.2, 0.25) is 0 Å². The van der Waals surface area contributed by atoms with Crippen molar-refractivity contribution in [3.8, 4) is 0 Å². The third-order valence-electron chi connectivity index (χ3n) is 3.45. The Morgan fingerprint density at radius 1 is 1.40 bits per heavy atom. The van der Waals surface area contributed by atoms with Gasteiger partial charge < -0.3 is 5.32 Å². The van der Waals surface area contributed by atoms with Gasteiger partial charge in [0.1, 0.15) is 0 Å². The van der Waals surface area contributed by atoms with Crippen LogP contribution < -0.4 is 5.32 Å². The zero-order chi connectivity index (χ0) is 10.8. The van der Waals surface area contributed by atoms with Gasteiger partial charge in [0.25, 0.3) is 0 Å². The number of aromatic nitrogens is 2. The highest BCUT2D eigenvalue weighted by atomic mass is 15.3. The van der Waals surface area contributed by atoms with Gasteiger partial charge in [0.2, 0.25) is 0 Å². The molecule has 0 spiro atoms. The van der Waals surface area contributed by atoms with E-state index in [1.54, 1.807) is 0 Å². The van der Waals surface area contributed by atoms with Gasteiger partial charge in [-0.05, 0) is 52.6 Å². The van der Waals surface area contributed by atoms with Gasteiger partial charge in [0.05, 0.1) is 11.7 Å². The quantitative estimate of drug-likeness (QED) is 0.805. The highest BCUT2D eigenvalue weighted by molar-refractivity contribution is 5.08. The van der Waals surface area contributed by atoms with Crippen LogP contribution >= 0.6 is 0 Å². The Kier molecular flexibility index (Phi) is 3.10. The van der Waals surface area contributed by atoms with Crippen molar-refractivity contribution >= 4 is 0 Å². The molecule has 1 saturated carbocycles. The standard InChI is InChI=1S/C12H21N3/c1-9-7-10(2)15(14-9)12-6-4-5-11(8-12)13-3/h7,11-13H,4-6,8H2,1-3H3. The molecule has 1 aromatic rings. The van der Waals surface area contributed by atoms with Crippen LogP contribution in [0.25, 0.3) is 0 Å². The normalized spacial score (nSPS) is 26.9. The second-order valence-electron chi connectivity index (χ2n) is 4.68. The summed E-state index contributed by atoms with van der Waals surface area (Å²) >= 11 is 0. The lowest BCUT2D eigenvalue weighted by Gasteiger charge is -2.29.